The number of nitrogens with zero attached hydrogens (tertiary/aromatic N) is 1. The number of likely N-dealkylation sites (tertiary alicyclic amines) is 1. The first-order valence-electron chi connectivity index (χ1n) is 9.90. The number of hydrazine groups is 1. The molecule has 152 valence electrons. The quantitative estimate of drug-likeness (QED) is 0.606. The van der Waals surface area contributed by atoms with Crippen molar-refractivity contribution in [3.63, 3.8) is 0 Å². The van der Waals surface area contributed by atoms with Crippen molar-refractivity contribution in [2.45, 2.75) is 39.0 Å². The highest BCUT2D eigenvalue weighted by molar-refractivity contribution is 6.05. The van der Waals surface area contributed by atoms with Gasteiger partial charge >= 0.3 is 5.91 Å². The van der Waals surface area contributed by atoms with Gasteiger partial charge in [0.15, 0.2) is 5.76 Å². The molecule has 8 heteroatoms. The van der Waals surface area contributed by atoms with Gasteiger partial charge in [0.1, 0.15) is 5.58 Å². The van der Waals surface area contributed by atoms with Crippen LogP contribution in [-0.4, -0.2) is 35.1 Å². The Morgan fingerprint density at radius 3 is 2.38 bits per heavy atom. The van der Waals surface area contributed by atoms with E-state index < -0.39 is 11.8 Å². The van der Waals surface area contributed by atoms with Gasteiger partial charge < -0.3 is 4.42 Å². The molecule has 1 aliphatic carbocycles. The maximum absolute atomic E-state index is 12.4. The van der Waals surface area contributed by atoms with Crippen molar-refractivity contribution in [2.24, 2.45) is 11.8 Å². The molecule has 8 nitrogen and oxygen atoms in total. The van der Waals surface area contributed by atoms with Gasteiger partial charge in [-0.3, -0.25) is 34.9 Å². The SMILES string of the molecule is Cc1c(C(=O)NNC(=O)CCN2C(=O)C3CCCCC3C2=O)oc2ccccc12. The third-order valence-electron chi connectivity index (χ3n) is 5.86. The maximum atomic E-state index is 12.4. The highest BCUT2D eigenvalue weighted by Crippen LogP contribution is 2.37. The summed E-state index contributed by atoms with van der Waals surface area (Å²) in [5.41, 5.74) is 5.92. The number of carbonyl (C=O) groups is 4. The molecule has 2 unspecified atom stereocenters. The Labute approximate surface area is 167 Å². The molecule has 4 amide bonds. The number of benzene rings is 1. The van der Waals surface area contributed by atoms with Crippen LogP contribution in [0.2, 0.25) is 0 Å². The van der Waals surface area contributed by atoms with Gasteiger partial charge in [0.05, 0.1) is 11.8 Å². The van der Waals surface area contributed by atoms with Crippen LogP contribution in [0.4, 0.5) is 0 Å². The number of hydrogen-bond donors (Lipinski definition) is 2. The number of fused-ring (bicyclic) bond motifs is 2. The van der Waals surface area contributed by atoms with Gasteiger partial charge in [0.2, 0.25) is 17.7 Å². The van der Waals surface area contributed by atoms with Crippen molar-refractivity contribution in [2.75, 3.05) is 6.54 Å². The summed E-state index contributed by atoms with van der Waals surface area (Å²) in [6, 6.07) is 7.28. The molecule has 1 aliphatic heterocycles. The van der Waals surface area contributed by atoms with Crippen LogP contribution in [-0.2, 0) is 14.4 Å². The largest absolute Gasteiger partial charge is 0.451 e. The van der Waals surface area contributed by atoms with E-state index in [1.54, 1.807) is 13.0 Å². The average Bonchev–Trinajstić information content (AvgIpc) is 3.20. The topological polar surface area (TPSA) is 109 Å². The third-order valence-corrected chi connectivity index (χ3v) is 5.86. The molecule has 2 fully saturated rings. The number of imide groups is 1. The lowest BCUT2D eigenvalue weighted by atomic mass is 9.81. The number of para-hydroxylation sites is 1. The lowest BCUT2D eigenvalue weighted by molar-refractivity contribution is -0.140. The first-order chi connectivity index (χ1) is 14.0. The van der Waals surface area contributed by atoms with Gasteiger partial charge in [0.25, 0.3) is 0 Å². The van der Waals surface area contributed by atoms with Crippen LogP contribution in [0.25, 0.3) is 11.0 Å². The molecule has 1 aromatic heterocycles. The summed E-state index contributed by atoms with van der Waals surface area (Å²) < 4.78 is 5.56. The second-order valence-corrected chi connectivity index (χ2v) is 7.63. The van der Waals surface area contributed by atoms with Crippen LogP contribution in [0.1, 0.15) is 48.2 Å². The van der Waals surface area contributed by atoms with Gasteiger partial charge in [-0.2, -0.15) is 0 Å². The van der Waals surface area contributed by atoms with E-state index in [0.29, 0.717) is 11.1 Å². The number of furan rings is 1. The molecule has 0 spiro atoms. The Morgan fingerprint density at radius 1 is 1.07 bits per heavy atom. The predicted molar refractivity (Wildman–Crippen MR) is 103 cm³/mol. The molecular formula is C21H23N3O5. The molecule has 1 saturated carbocycles. The van der Waals surface area contributed by atoms with Crippen LogP contribution in [0, 0.1) is 18.8 Å². The van der Waals surface area contributed by atoms with Gasteiger partial charge in [-0.25, -0.2) is 0 Å². The fourth-order valence-electron chi connectivity index (χ4n) is 4.30. The van der Waals surface area contributed by atoms with E-state index in [1.807, 2.05) is 18.2 Å². The van der Waals surface area contributed by atoms with Crippen LogP contribution < -0.4 is 10.9 Å². The number of carbonyl (C=O) groups excluding carboxylic acids is 4. The summed E-state index contributed by atoms with van der Waals surface area (Å²) in [5.74, 6) is -1.72. The van der Waals surface area contributed by atoms with Crippen molar-refractivity contribution in [3.8, 4) is 0 Å². The third kappa shape index (κ3) is 3.50. The summed E-state index contributed by atoms with van der Waals surface area (Å²) in [5, 5.41) is 0.830. The maximum Gasteiger partial charge on any atom is 0.305 e. The lowest BCUT2D eigenvalue weighted by Crippen LogP contribution is -2.43. The van der Waals surface area contributed by atoms with Crippen molar-refractivity contribution < 1.29 is 23.6 Å². The number of rotatable bonds is 4. The summed E-state index contributed by atoms with van der Waals surface area (Å²) in [6.45, 7) is 1.79. The molecule has 4 rings (SSSR count). The summed E-state index contributed by atoms with van der Waals surface area (Å²) >= 11 is 0. The van der Waals surface area contributed by atoms with E-state index in [0.717, 1.165) is 31.1 Å². The number of aryl methyl sites for hydroxylation is 1. The predicted octanol–water partition coefficient (Wildman–Crippen LogP) is 2.07. The van der Waals surface area contributed by atoms with Crippen molar-refractivity contribution in [3.05, 3.63) is 35.6 Å². The number of nitrogens with one attached hydrogen (secondary N) is 2. The molecular weight excluding hydrogens is 374 g/mol. The fraction of sp³-hybridized carbons (Fsp3) is 0.429. The van der Waals surface area contributed by atoms with E-state index in [-0.39, 0.29) is 42.4 Å². The summed E-state index contributed by atoms with van der Waals surface area (Å²) in [7, 11) is 0. The number of amides is 4. The molecule has 2 aliphatic rings. The Kier molecular flexibility index (Phi) is 5.08. The Hall–Kier alpha value is -3.16. The highest BCUT2D eigenvalue weighted by Gasteiger charge is 2.47. The minimum absolute atomic E-state index is 0.0238. The molecule has 2 heterocycles. The lowest BCUT2D eigenvalue weighted by Gasteiger charge is -2.19. The average molecular weight is 397 g/mol. The van der Waals surface area contributed by atoms with Crippen molar-refractivity contribution in [1.29, 1.82) is 0 Å². The first-order valence-corrected chi connectivity index (χ1v) is 9.90. The highest BCUT2D eigenvalue weighted by atomic mass is 16.3. The minimum atomic E-state index is -0.564. The Balaban J connectivity index is 1.31. The van der Waals surface area contributed by atoms with E-state index in [9.17, 15) is 19.2 Å². The summed E-state index contributed by atoms with van der Waals surface area (Å²) in [4.78, 5) is 50.5. The van der Waals surface area contributed by atoms with Crippen LogP contribution in [0.3, 0.4) is 0 Å². The van der Waals surface area contributed by atoms with Gasteiger partial charge in [-0.15, -0.1) is 0 Å². The normalized spacial score (nSPS) is 21.3. The van der Waals surface area contributed by atoms with E-state index in [4.69, 9.17) is 4.42 Å². The molecule has 0 bridgehead atoms. The molecule has 2 aromatic rings. The fourth-order valence-corrected chi connectivity index (χ4v) is 4.30. The Morgan fingerprint density at radius 2 is 1.72 bits per heavy atom. The van der Waals surface area contributed by atoms with Crippen LogP contribution in [0.5, 0.6) is 0 Å². The monoisotopic (exact) mass is 397 g/mol. The van der Waals surface area contributed by atoms with Gasteiger partial charge in [0, 0.05) is 23.9 Å². The Bertz CT molecular complexity index is 971. The van der Waals surface area contributed by atoms with Crippen molar-refractivity contribution in [1.82, 2.24) is 15.8 Å². The van der Waals surface area contributed by atoms with Crippen LogP contribution in [0.15, 0.2) is 28.7 Å². The van der Waals surface area contributed by atoms with Gasteiger partial charge in [-0.05, 0) is 25.8 Å². The zero-order valence-corrected chi connectivity index (χ0v) is 16.2. The summed E-state index contributed by atoms with van der Waals surface area (Å²) in [6.07, 6.45) is 3.33. The zero-order valence-electron chi connectivity index (χ0n) is 16.2. The molecule has 29 heavy (non-hydrogen) atoms. The minimum Gasteiger partial charge on any atom is -0.451 e. The number of hydrogen-bond acceptors (Lipinski definition) is 5. The molecule has 1 aromatic carbocycles. The standard InChI is InChI=1S/C21H23N3O5/c1-12-13-6-4-5-9-16(13)29-18(12)19(26)23-22-17(25)10-11-24-20(27)14-7-2-3-8-15(14)21(24)28/h4-6,9,14-15H,2-3,7-8,10-11H2,1H3,(H,22,25)(H,23,26). The smallest absolute Gasteiger partial charge is 0.305 e. The second kappa shape index (κ2) is 7.69. The molecule has 2 N–H and O–H groups in total. The van der Waals surface area contributed by atoms with E-state index >= 15 is 0 Å². The zero-order chi connectivity index (χ0) is 20.5. The van der Waals surface area contributed by atoms with Crippen LogP contribution >= 0.6 is 0 Å². The van der Waals surface area contributed by atoms with Gasteiger partial charge in [-0.1, -0.05) is 31.0 Å². The first kappa shape index (κ1) is 19.2. The van der Waals surface area contributed by atoms with Crippen molar-refractivity contribution >= 4 is 34.6 Å². The molecule has 1 saturated heterocycles. The molecule has 2 atom stereocenters. The van der Waals surface area contributed by atoms with E-state index in [1.165, 1.54) is 4.90 Å². The van der Waals surface area contributed by atoms with E-state index in [2.05, 4.69) is 10.9 Å². The molecule has 0 radical (unpaired) electrons. The second-order valence-electron chi connectivity index (χ2n) is 7.63.